The van der Waals surface area contributed by atoms with Gasteiger partial charge in [-0.15, -0.1) is 0 Å². The number of benzene rings is 2. The molecule has 2 aromatic carbocycles. The second-order valence-corrected chi connectivity index (χ2v) is 3.78. The first-order valence-electron chi connectivity index (χ1n) is 5.32. The monoisotopic (exact) mass is 248 g/mol. The van der Waals surface area contributed by atoms with Crippen LogP contribution in [0.25, 0.3) is 0 Å². The van der Waals surface area contributed by atoms with E-state index >= 15 is 0 Å². The number of rotatable bonds is 3. The predicted molar refractivity (Wildman–Crippen MR) is 62.1 cm³/mol. The molecule has 0 saturated heterocycles. The van der Waals surface area contributed by atoms with Crippen molar-refractivity contribution in [2.45, 2.75) is 6.10 Å². The third kappa shape index (κ3) is 2.28. The molecular formula is C14H10F2O2. The van der Waals surface area contributed by atoms with Gasteiger partial charge < -0.3 is 5.11 Å². The molecule has 0 aliphatic rings. The van der Waals surface area contributed by atoms with Gasteiger partial charge in [0.1, 0.15) is 6.10 Å². The van der Waals surface area contributed by atoms with Crippen LogP contribution < -0.4 is 0 Å². The molecule has 2 aromatic rings. The third-order valence-electron chi connectivity index (χ3n) is 2.58. The second kappa shape index (κ2) is 5.06. The maximum atomic E-state index is 13.4. The highest BCUT2D eigenvalue weighted by Gasteiger charge is 2.23. The lowest BCUT2D eigenvalue weighted by atomic mass is 9.99. The van der Waals surface area contributed by atoms with Crippen LogP contribution in [0.1, 0.15) is 22.0 Å². The number of ketones is 1. The van der Waals surface area contributed by atoms with E-state index in [0.717, 1.165) is 12.1 Å². The van der Waals surface area contributed by atoms with Crippen molar-refractivity contribution in [3.8, 4) is 0 Å². The summed E-state index contributed by atoms with van der Waals surface area (Å²) in [6, 6.07) is 11.4. The van der Waals surface area contributed by atoms with Crippen LogP contribution in [0.4, 0.5) is 8.78 Å². The zero-order valence-electron chi connectivity index (χ0n) is 9.31. The van der Waals surface area contributed by atoms with Crippen molar-refractivity contribution in [2.75, 3.05) is 0 Å². The predicted octanol–water partition coefficient (Wildman–Crippen LogP) is 2.88. The summed E-state index contributed by atoms with van der Waals surface area (Å²) in [6.45, 7) is 0. The van der Waals surface area contributed by atoms with E-state index in [-0.39, 0.29) is 0 Å². The maximum Gasteiger partial charge on any atom is 0.198 e. The summed E-state index contributed by atoms with van der Waals surface area (Å²) in [5.41, 5.74) is -0.113. The Kier molecular flexibility index (Phi) is 3.48. The minimum Gasteiger partial charge on any atom is -0.380 e. The molecule has 4 heteroatoms. The van der Waals surface area contributed by atoms with Crippen molar-refractivity contribution in [1.29, 1.82) is 0 Å². The van der Waals surface area contributed by atoms with Crippen LogP contribution in [0.15, 0.2) is 48.5 Å². The number of aliphatic hydroxyl groups excluding tert-OH is 1. The Labute approximate surface area is 103 Å². The molecule has 0 heterocycles. The lowest BCUT2D eigenvalue weighted by Gasteiger charge is -2.10. The molecule has 0 saturated carbocycles. The van der Waals surface area contributed by atoms with Crippen LogP contribution in [0, 0.1) is 11.6 Å². The van der Waals surface area contributed by atoms with Gasteiger partial charge in [-0.2, -0.15) is 0 Å². The number of aliphatic hydroxyl groups is 1. The van der Waals surface area contributed by atoms with E-state index in [1.807, 2.05) is 0 Å². The number of carbonyl (C=O) groups excluding carboxylic acids is 1. The van der Waals surface area contributed by atoms with Gasteiger partial charge in [0.05, 0.1) is 5.56 Å². The fourth-order valence-electron chi connectivity index (χ4n) is 1.63. The van der Waals surface area contributed by atoms with Gasteiger partial charge in [0, 0.05) is 0 Å². The Morgan fingerprint density at radius 2 is 1.67 bits per heavy atom. The Morgan fingerprint density at radius 1 is 1.00 bits per heavy atom. The van der Waals surface area contributed by atoms with Gasteiger partial charge >= 0.3 is 0 Å². The van der Waals surface area contributed by atoms with Gasteiger partial charge in [0.2, 0.25) is 0 Å². The van der Waals surface area contributed by atoms with E-state index in [1.54, 1.807) is 30.3 Å². The zero-order valence-corrected chi connectivity index (χ0v) is 9.31. The standard InChI is InChI=1S/C14H10F2O2/c15-11-8-4-7-10(12(11)16)14(18)13(17)9-5-2-1-3-6-9/h1-8,13,17H. The first kappa shape index (κ1) is 12.4. The molecule has 18 heavy (non-hydrogen) atoms. The molecule has 1 N–H and O–H groups in total. The van der Waals surface area contributed by atoms with Gasteiger partial charge in [-0.3, -0.25) is 4.79 Å². The van der Waals surface area contributed by atoms with E-state index in [4.69, 9.17) is 0 Å². The Hall–Kier alpha value is -2.07. The lowest BCUT2D eigenvalue weighted by Crippen LogP contribution is -2.14. The van der Waals surface area contributed by atoms with Crippen molar-refractivity contribution >= 4 is 5.78 Å². The smallest absolute Gasteiger partial charge is 0.198 e. The van der Waals surface area contributed by atoms with Gasteiger partial charge in [-0.05, 0) is 17.7 Å². The molecule has 0 aromatic heterocycles. The molecule has 0 fully saturated rings. The highest BCUT2D eigenvalue weighted by Crippen LogP contribution is 2.21. The Morgan fingerprint density at radius 3 is 2.33 bits per heavy atom. The fourth-order valence-corrected chi connectivity index (χ4v) is 1.63. The summed E-state index contributed by atoms with van der Waals surface area (Å²) in [5.74, 6) is -3.21. The summed E-state index contributed by atoms with van der Waals surface area (Å²) in [7, 11) is 0. The molecule has 92 valence electrons. The van der Waals surface area contributed by atoms with Gasteiger partial charge in [-0.25, -0.2) is 8.78 Å². The average molecular weight is 248 g/mol. The molecule has 1 unspecified atom stereocenters. The van der Waals surface area contributed by atoms with E-state index in [0.29, 0.717) is 5.56 Å². The largest absolute Gasteiger partial charge is 0.380 e. The highest BCUT2D eigenvalue weighted by atomic mass is 19.2. The average Bonchev–Trinajstić information content (AvgIpc) is 2.41. The highest BCUT2D eigenvalue weighted by molar-refractivity contribution is 6.00. The zero-order chi connectivity index (χ0) is 13.1. The van der Waals surface area contributed by atoms with Crippen LogP contribution in [0.3, 0.4) is 0 Å². The lowest BCUT2D eigenvalue weighted by molar-refractivity contribution is 0.0742. The summed E-state index contributed by atoms with van der Waals surface area (Å²) in [6.07, 6.45) is -1.50. The first-order chi connectivity index (χ1) is 8.61. The van der Waals surface area contributed by atoms with Crippen molar-refractivity contribution in [3.05, 3.63) is 71.3 Å². The first-order valence-corrected chi connectivity index (χ1v) is 5.32. The number of hydrogen-bond donors (Lipinski definition) is 1. The molecule has 2 rings (SSSR count). The quantitative estimate of drug-likeness (QED) is 0.848. The molecule has 1 atom stereocenters. The minimum absolute atomic E-state index is 0.339. The molecule has 0 bridgehead atoms. The third-order valence-corrected chi connectivity index (χ3v) is 2.58. The van der Waals surface area contributed by atoms with Crippen LogP contribution in [0.2, 0.25) is 0 Å². The van der Waals surface area contributed by atoms with Gasteiger partial charge in [-0.1, -0.05) is 36.4 Å². The molecular weight excluding hydrogens is 238 g/mol. The SMILES string of the molecule is O=C(c1cccc(F)c1F)C(O)c1ccccc1. The van der Waals surface area contributed by atoms with Crippen LogP contribution in [-0.2, 0) is 0 Å². The molecule has 0 spiro atoms. The van der Waals surface area contributed by atoms with Crippen LogP contribution in [0.5, 0.6) is 0 Å². The van der Waals surface area contributed by atoms with Crippen LogP contribution in [-0.4, -0.2) is 10.9 Å². The van der Waals surface area contributed by atoms with E-state index in [2.05, 4.69) is 0 Å². The summed E-state index contributed by atoms with van der Waals surface area (Å²) >= 11 is 0. The molecule has 0 amide bonds. The van der Waals surface area contributed by atoms with Gasteiger partial charge in [0.25, 0.3) is 0 Å². The van der Waals surface area contributed by atoms with Crippen molar-refractivity contribution < 1.29 is 18.7 Å². The number of halogens is 2. The minimum atomic E-state index is -1.50. The van der Waals surface area contributed by atoms with Crippen molar-refractivity contribution in [3.63, 3.8) is 0 Å². The maximum absolute atomic E-state index is 13.4. The van der Waals surface area contributed by atoms with Crippen LogP contribution >= 0.6 is 0 Å². The van der Waals surface area contributed by atoms with E-state index < -0.39 is 29.1 Å². The normalized spacial score (nSPS) is 12.2. The summed E-state index contributed by atoms with van der Waals surface area (Å²) < 4.78 is 26.4. The molecule has 0 aliphatic carbocycles. The fraction of sp³-hybridized carbons (Fsp3) is 0.0714. The number of carbonyl (C=O) groups is 1. The molecule has 0 radical (unpaired) electrons. The number of Topliss-reactive ketones (excluding diaryl/α,β-unsaturated/α-hetero) is 1. The topological polar surface area (TPSA) is 37.3 Å². The summed E-state index contributed by atoms with van der Waals surface area (Å²) in [5, 5.41) is 9.82. The van der Waals surface area contributed by atoms with E-state index in [1.165, 1.54) is 6.07 Å². The molecule has 0 aliphatic heterocycles. The Balaban J connectivity index is 2.35. The van der Waals surface area contributed by atoms with E-state index in [9.17, 15) is 18.7 Å². The van der Waals surface area contributed by atoms with Crippen molar-refractivity contribution in [1.82, 2.24) is 0 Å². The summed E-state index contributed by atoms with van der Waals surface area (Å²) in [4.78, 5) is 11.9. The molecule has 2 nitrogen and oxygen atoms in total. The van der Waals surface area contributed by atoms with Crippen molar-refractivity contribution in [2.24, 2.45) is 0 Å². The Bertz CT molecular complexity index is 567. The second-order valence-electron chi connectivity index (χ2n) is 3.78. The number of hydrogen-bond acceptors (Lipinski definition) is 2. The van der Waals surface area contributed by atoms with Gasteiger partial charge in [0.15, 0.2) is 17.4 Å².